The third-order valence-electron chi connectivity index (χ3n) is 4.08. The molecule has 0 aliphatic rings. The number of imidazole rings is 1. The summed E-state index contributed by atoms with van der Waals surface area (Å²) < 4.78 is 3.62. The number of rotatable bonds is 5. The number of amides is 1. The van der Waals surface area contributed by atoms with Crippen LogP contribution >= 0.6 is 0 Å². The van der Waals surface area contributed by atoms with Crippen molar-refractivity contribution in [1.82, 2.24) is 24.6 Å². The van der Waals surface area contributed by atoms with Crippen LogP contribution in [0.4, 0.5) is 0 Å². The summed E-state index contributed by atoms with van der Waals surface area (Å²) in [5, 5.41) is 7.18. The van der Waals surface area contributed by atoms with Crippen molar-refractivity contribution in [2.24, 2.45) is 7.05 Å². The molecular weight excluding hydrogens is 302 g/mol. The number of hydrogen-bond donors (Lipinski definition) is 1. The maximum absolute atomic E-state index is 12.6. The Balaban J connectivity index is 1.76. The highest BCUT2D eigenvalue weighted by Gasteiger charge is 2.20. The summed E-state index contributed by atoms with van der Waals surface area (Å²) >= 11 is 0. The third kappa shape index (κ3) is 3.22. The Hall–Kier alpha value is -2.89. The van der Waals surface area contributed by atoms with E-state index in [1.54, 1.807) is 17.1 Å². The molecule has 1 aromatic carbocycles. The van der Waals surface area contributed by atoms with E-state index < -0.39 is 0 Å². The number of nitrogens with zero attached hydrogens (tertiary/aromatic N) is 4. The van der Waals surface area contributed by atoms with E-state index in [1.165, 1.54) is 0 Å². The Morgan fingerprint density at radius 1 is 1.21 bits per heavy atom. The zero-order valence-corrected chi connectivity index (χ0v) is 14.0. The lowest BCUT2D eigenvalue weighted by Crippen LogP contribution is -2.33. The first-order valence-corrected chi connectivity index (χ1v) is 7.93. The number of aromatic nitrogens is 4. The molecule has 6 heteroatoms. The van der Waals surface area contributed by atoms with E-state index in [0.29, 0.717) is 0 Å². The van der Waals surface area contributed by atoms with Gasteiger partial charge in [0.15, 0.2) is 0 Å². The van der Waals surface area contributed by atoms with Crippen LogP contribution in [0.2, 0.25) is 0 Å². The lowest BCUT2D eigenvalue weighted by molar-refractivity contribution is -0.124. The average Bonchev–Trinajstić information content (AvgIpc) is 3.23. The molecule has 24 heavy (non-hydrogen) atoms. The van der Waals surface area contributed by atoms with Gasteiger partial charge in [0.05, 0.1) is 12.2 Å². The van der Waals surface area contributed by atoms with Crippen LogP contribution in [0, 0.1) is 0 Å². The smallest absolute Gasteiger partial charge is 0.243 e. The highest BCUT2D eigenvalue weighted by atomic mass is 16.2. The predicted octanol–water partition coefficient (Wildman–Crippen LogP) is 2.72. The van der Waals surface area contributed by atoms with Crippen LogP contribution in [-0.2, 0) is 11.8 Å². The summed E-state index contributed by atoms with van der Waals surface area (Å²) in [7, 11) is 1.86. The van der Waals surface area contributed by atoms with Crippen molar-refractivity contribution in [2.75, 3.05) is 0 Å². The Labute approximate surface area is 141 Å². The van der Waals surface area contributed by atoms with Crippen molar-refractivity contribution in [3.8, 4) is 11.4 Å². The molecule has 0 bridgehead atoms. The van der Waals surface area contributed by atoms with Gasteiger partial charge in [-0.25, -0.2) is 4.98 Å². The molecule has 0 aliphatic heterocycles. The standard InChI is InChI=1S/C18H21N5O/c1-13(16-11-20-22(3)12-16)21-18(24)14(2)23-10-9-19-17(23)15-7-5-4-6-8-15/h4-14H,1-3H3,(H,21,24)/t13-,14-/m0/s1. The summed E-state index contributed by atoms with van der Waals surface area (Å²) in [5.41, 5.74) is 1.97. The number of nitrogens with one attached hydrogen (secondary N) is 1. The molecule has 1 N–H and O–H groups in total. The van der Waals surface area contributed by atoms with Gasteiger partial charge in [0.25, 0.3) is 0 Å². The van der Waals surface area contributed by atoms with Gasteiger partial charge in [-0.3, -0.25) is 9.48 Å². The molecule has 0 fully saturated rings. The monoisotopic (exact) mass is 323 g/mol. The van der Waals surface area contributed by atoms with Gasteiger partial charge in [-0.05, 0) is 13.8 Å². The van der Waals surface area contributed by atoms with Crippen LogP contribution in [0.25, 0.3) is 11.4 Å². The Morgan fingerprint density at radius 3 is 2.62 bits per heavy atom. The molecule has 6 nitrogen and oxygen atoms in total. The minimum Gasteiger partial charge on any atom is -0.348 e. The second-order valence-corrected chi connectivity index (χ2v) is 5.88. The zero-order valence-electron chi connectivity index (χ0n) is 14.0. The van der Waals surface area contributed by atoms with Crippen LogP contribution in [0.15, 0.2) is 55.1 Å². The second kappa shape index (κ2) is 6.70. The van der Waals surface area contributed by atoms with Crippen LogP contribution in [0.1, 0.15) is 31.5 Å². The molecule has 0 saturated heterocycles. The molecule has 2 heterocycles. The first-order valence-electron chi connectivity index (χ1n) is 7.93. The van der Waals surface area contributed by atoms with Crippen molar-refractivity contribution < 1.29 is 4.79 Å². The molecule has 124 valence electrons. The summed E-state index contributed by atoms with van der Waals surface area (Å²) in [6.45, 7) is 3.83. The summed E-state index contributed by atoms with van der Waals surface area (Å²) in [6, 6.07) is 9.40. The minimum atomic E-state index is -0.359. The summed E-state index contributed by atoms with van der Waals surface area (Å²) in [5.74, 6) is 0.730. The van der Waals surface area contributed by atoms with Crippen LogP contribution < -0.4 is 5.32 Å². The molecule has 0 saturated carbocycles. The topological polar surface area (TPSA) is 64.7 Å². The summed E-state index contributed by atoms with van der Waals surface area (Å²) in [6.07, 6.45) is 7.22. The summed E-state index contributed by atoms with van der Waals surface area (Å²) in [4.78, 5) is 17.0. The van der Waals surface area contributed by atoms with Crippen molar-refractivity contribution in [1.29, 1.82) is 0 Å². The van der Waals surface area contributed by atoms with Crippen molar-refractivity contribution >= 4 is 5.91 Å². The van der Waals surface area contributed by atoms with E-state index >= 15 is 0 Å². The lowest BCUT2D eigenvalue weighted by Gasteiger charge is -2.19. The molecular formula is C18H21N5O. The van der Waals surface area contributed by atoms with E-state index in [9.17, 15) is 4.79 Å². The Kier molecular flexibility index (Phi) is 4.46. The number of carbonyl (C=O) groups is 1. The van der Waals surface area contributed by atoms with Crippen molar-refractivity contribution in [2.45, 2.75) is 25.9 Å². The number of benzene rings is 1. The van der Waals surface area contributed by atoms with Gasteiger partial charge in [-0.15, -0.1) is 0 Å². The molecule has 0 radical (unpaired) electrons. The van der Waals surface area contributed by atoms with Gasteiger partial charge in [-0.1, -0.05) is 30.3 Å². The number of aryl methyl sites for hydroxylation is 1. The molecule has 2 aromatic heterocycles. The number of hydrogen-bond acceptors (Lipinski definition) is 3. The molecule has 0 aliphatic carbocycles. The van der Waals surface area contributed by atoms with Crippen molar-refractivity contribution in [3.05, 3.63) is 60.7 Å². The van der Waals surface area contributed by atoms with E-state index in [2.05, 4.69) is 15.4 Å². The molecule has 3 rings (SSSR count). The Morgan fingerprint density at radius 2 is 1.96 bits per heavy atom. The average molecular weight is 323 g/mol. The number of carbonyl (C=O) groups excluding carboxylic acids is 1. The van der Waals surface area contributed by atoms with Crippen LogP contribution in [0.3, 0.4) is 0 Å². The fourth-order valence-corrected chi connectivity index (χ4v) is 2.64. The first kappa shape index (κ1) is 16.0. The highest BCUT2D eigenvalue weighted by Crippen LogP contribution is 2.21. The molecule has 0 spiro atoms. The maximum Gasteiger partial charge on any atom is 0.243 e. The predicted molar refractivity (Wildman–Crippen MR) is 92.1 cm³/mol. The van der Waals surface area contributed by atoms with Crippen molar-refractivity contribution in [3.63, 3.8) is 0 Å². The van der Waals surface area contributed by atoms with Crippen LogP contribution in [-0.4, -0.2) is 25.2 Å². The van der Waals surface area contributed by atoms with Crippen LogP contribution in [0.5, 0.6) is 0 Å². The fraction of sp³-hybridized carbons (Fsp3) is 0.278. The maximum atomic E-state index is 12.6. The lowest BCUT2D eigenvalue weighted by atomic mass is 10.1. The van der Waals surface area contributed by atoms with E-state index in [4.69, 9.17) is 0 Å². The normalized spacial score (nSPS) is 13.5. The fourth-order valence-electron chi connectivity index (χ4n) is 2.64. The van der Waals surface area contributed by atoms with Gasteiger partial charge < -0.3 is 9.88 Å². The van der Waals surface area contributed by atoms with E-state index in [0.717, 1.165) is 17.0 Å². The van der Waals surface area contributed by atoms with Gasteiger partial charge in [0, 0.05) is 36.8 Å². The van der Waals surface area contributed by atoms with E-state index in [1.807, 2.05) is 68.2 Å². The van der Waals surface area contributed by atoms with Gasteiger partial charge >= 0.3 is 0 Å². The second-order valence-electron chi connectivity index (χ2n) is 5.88. The van der Waals surface area contributed by atoms with E-state index in [-0.39, 0.29) is 18.0 Å². The molecule has 3 aromatic rings. The largest absolute Gasteiger partial charge is 0.348 e. The zero-order chi connectivity index (χ0) is 17.1. The third-order valence-corrected chi connectivity index (χ3v) is 4.08. The van der Waals surface area contributed by atoms with Gasteiger partial charge in [0.1, 0.15) is 11.9 Å². The molecule has 0 unspecified atom stereocenters. The Bertz CT molecular complexity index is 821. The quantitative estimate of drug-likeness (QED) is 0.785. The van der Waals surface area contributed by atoms with Gasteiger partial charge in [-0.2, -0.15) is 5.10 Å². The van der Waals surface area contributed by atoms with Gasteiger partial charge in [0.2, 0.25) is 5.91 Å². The molecule has 2 atom stereocenters. The highest BCUT2D eigenvalue weighted by molar-refractivity contribution is 5.81. The first-order chi connectivity index (χ1) is 11.6. The molecule has 1 amide bonds. The SMILES string of the molecule is C[C@H](NC(=O)[C@H](C)n1ccnc1-c1ccccc1)c1cnn(C)c1. The minimum absolute atomic E-state index is 0.0541.